The van der Waals surface area contributed by atoms with Gasteiger partial charge >= 0.3 is 0 Å². The highest BCUT2D eigenvalue weighted by atomic mass is 32.2. The SMILES string of the molecule is CCN(C)C[C@H]1COC2(CN(C(=O)C3(C)CC3)C2)CS1(=O)=O. The molecule has 6 nitrogen and oxygen atoms in total. The zero-order valence-electron chi connectivity index (χ0n) is 13.7. The number of likely N-dealkylation sites (tertiary alicyclic amines) is 1. The first-order valence-corrected chi connectivity index (χ1v) is 9.75. The first-order chi connectivity index (χ1) is 10.2. The van der Waals surface area contributed by atoms with Crippen LogP contribution in [0.15, 0.2) is 0 Å². The minimum absolute atomic E-state index is 0.0444. The number of sulfone groups is 1. The number of amides is 1. The first-order valence-electron chi connectivity index (χ1n) is 8.03. The number of ether oxygens (including phenoxy) is 1. The van der Waals surface area contributed by atoms with Gasteiger partial charge in [0.15, 0.2) is 9.84 Å². The molecule has 0 aromatic heterocycles. The molecule has 2 aliphatic heterocycles. The standard InChI is InChI=1S/C15H26N2O4S/c1-4-16(3)7-12-8-21-15(11-22(12,19)20)9-17(10-15)13(18)14(2)5-6-14/h12H,4-11H2,1-3H3/t12-/m0/s1. The van der Waals surface area contributed by atoms with Crippen LogP contribution in [0.5, 0.6) is 0 Å². The third kappa shape index (κ3) is 2.78. The Kier molecular flexibility index (Phi) is 3.81. The molecule has 0 N–H and O–H groups in total. The lowest BCUT2D eigenvalue weighted by atomic mass is 9.93. The Morgan fingerprint density at radius 2 is 2.00 bits per heavy atom. The van der Waals surface area contributed by atoms with Crippen molar-refractivity contribution in [1.29, 1.82) is 0 Å². The van der Waals surface area contributed by atoms with Crippen molar-refractivity contribution in [2.45, 2.75) is 37.5 Å². The lowest BCUT2D eigenvalue weighted by molar-refractivity contribution is -0.169. The summed E-state index contributed by atoms with van der Waals surface area (Å²) < 4.78 is 30.9. The number of hydrogen-bond donors (Lipinski definition) is 0. The highest BCUT2D eigenvalue weighted by Crippen LogP contribution is 2.48. The van der Waals surface area contributed by atoms with E-state index in [0.717, 1.165) is 19.4 Å². The van der Waals surface area contributed by atoms with Crippen LogP contribution in [0.1, 0.15) is 26.7 Å². The lowest BCUT2D eigenvalue weighted by Crippen LogP contribution is -2.71. The zero-order chi connectivity index (χ0) is 16.2. The molecule has 3 rings (SSSR count). The van der Waals surface area contributed by atoms with Gasteiger partial charge in [-0.1, -0.05) is 13.8 Å². The molecule has 0 bridgehead atoms. The van der Waals surface area contributed by atoms with E-state index in [1.54, 1.807) is 4.90 Å². The van der Waals surface area contributed by atoms with E-state index >= 15 is 0 Å². The molecule has 1 amide bonds. The van der Waals surface area contributed by atoms with E-state index in [1.807, 2.05) is 25.8 Å². The molecular formula is C15H26N2O4S. The number of rotatable bonds is 4. The predicted molar refractivity (Wildman–Crippen MR) is 83.3 cm³/mol. The number of carbonyl (C=O) groups is 1. The molecule has 7 heteroatoms. The van der Waals surface area contributed by atoms with Crippen LogP contribution in [-0.2, 0) is 19.4 Å². The largest absolute Gasteiger partial charge is 0.369 e. The Labute approximate surface area is 132 Å². The molecule has 1 saturated carbocycles. The lowest BCUT2D eigenvalue weighted by Gasteiger charge is -2.53. The van der Waals surface area contributed by atoms with Crippen molar-refractivity contribution in [3.63, 3.8) is 0 Å². The van der Waals surface area contributed by atoms with Crippen molar-refractivity contribution < 1.29 is 17.9 Å². The van der Waals surface area contributed by atoms with E-state index in [4.69, 9.17) is 4.74 Å². The molecule has 0 aromatic carbocycles. The van der Waals surface area contributed by atoms with Crippen molar-refractivity contribution in [3.8, 4) is 0 Å². The van der Waals surface area contributed by atoms with Gasteiger partial charge in [-0.2, -0.15) is 0 Å². The second kappa shape index (κ2) is 5.18. The van der Waals surface area contributed by atoms with Gasteiger partial charge in [0.1, 0.15) is 5.60 Å². The van der Waals surface area contributed by atoms with Crippen LogP contribution >= 0.6 is 0 Å². The average Bonchev–Trinajstić information content (AvgIpc) is 3.16. The molecule has 22 heavy (non-hydrogen) atoms. The maximum atomic E-state index is 12.5. The molecule has 1 atom stereocenters. The summed E-state index contributed by atoms with van der Waals surface area (Å²) in [6.07, 6.45) is 1.89. The van der Waals surface area contributed by atoms with Gasteiger partial charge in [-0.15, -0.1) is 0 Å². The average molecular weight is 330 g/mol. The Morgan fingerprint density at radius 1 is 1.36 bits per heavy atom. The van der Waals surface area contributed by atoms with Crippen LogP contribution in [-0.4, -0.2) is 80.6 Å². The van der Waals surface area contributed by atoms with Gasteiger partial charge in [-0.3, -0.25) is 4.79 Å². The number of hydrogen-bond acceptors (Lipinski definition) is 5. The summed E-state index contributed by atoms with van der Waals surface area (Å²) in [5.74, 6) is 0.204. The highest BCUT2D eigenvalue weighted by Gasteiger charge is 2.57. The molecule has 2 saturated heterocycles. The Morgan fingerprint density at radius 3 is 2.50 bits per heavy atom. The third-order valence-corrected chi connectivity index (χ3v) is 7.59. The number of nitrogens with zero attached hydrogens (tertiary/aromatic N) is 2. The van der Waals surface area contributed by atoms with Gasteiger partial charge in [0.25, 0.3) is 0 Å². The number of carbonyl (C=O) groups excluding carboxylic acids is 1. The second-order valence-electron chi connectivity index (χ2n) is 7.50. The fourth-order valence-electron chi connectivity index (χ4n) is 3.30. The summed E-state index contributed by atoms with van der Waals surface area (Å²) in [5, 5.41) is -0.450. The van der Waals surface area contributed by atoms with Crippen LogP contribution in [0, 0.1) is 5.41 Å². The maximum absolute atomic E-state index is 12.5. The van der Waals surface area contributed by atoms with Crippen LogP contribution in [0.4, 0.5) is 0 Å². The van der Waals surface area contributed by atoms with E-state index in [9.17, 15) is 13.2 Å². The zero-order valence-corrected chi connectivity index (χ0v) is 14.5. The molecule has 2 heterocycles. The van der Waals surface area contributed by atoms with Gasteiger partial charge in [-0.25, -0.2) is 8.42 Å². The van der Waals surface area contributed by atoms with Crippen LogP contribution in [0.2, 0.25) is 0 Å². The third-order valence-electron chi connectivity index (χ3n) is 5.36. The molecule has 3 aliphatic rings. The summed E-state index contributed by atoms with van der Waals surface area (Å²) in [6.45, 7) is 6.41. The highest BCUT2D eigenvalue weighted by molar-refractivity contribution is 7.92. The van der Waals surface area contributed by atoms with Gasteiger partial charge in [-0.05, 0) is 26.4 Å². The Balaban J connectivity index is 1.60. The van der Waals surface area contributed by atoms with Crippen LogP contribution < -0.4 is 0 Å². The van der Waals surface area contributed by atoms with E-state index in [2.05, 4.69) is 0 Å². The molecule has 126 valence electrons. The summed E-state index contributed by atoms with van der Waals surface area (Å²) >= 11 is 0. The first kappa shape index (κ1) is 16.2. The van der Waals surface area contributed by atoms with Gasteiger partial charge in [0.2, 0.25) is 5.91 Å². The summed E-state index contributed by atoms with van der Waals surface area (Å²) in [6, 6.07) is 0. The van der Waals surface area contributed by atoms with Crippen LogP contribution in [0.25, 0.3) is 0 Å². The monoisotopic (exact) mass is 330 g/mol. The maximum Gasteiger partial charge on any atom is 0.228 e. The molecule has 0 unspecified atom stereocenters. The Hall–Kier alpha value is -0.660. The van der Waals surface area contributed by atoms with Crippen LogP contribution in [0.3, 0.4) is 0 Å². The molecule has 3 fully saturated rings. The molecule has 1 spiro atoms. The summed E-state index contributed by atoms with van der Waals surface area (Å²) in [5.41, 5.74) is -0.845. The fraction of sp³-hybridized carbons (Fsp3) is 0.933. The summed E-state index contributed by atoms with van der Waals surface area (Å²) in [4.78, 5) is 16.0. The van der Waals surface area contributed by atoms with Crippen molar-refractivity contribution in [1.82, 2.24) is 9.80 Å². The molecular weight excluding hydrogens is 304 g/mol. The molecule has 0 radical (unpaired) electrons. The normalized spacial score (nSPS) is 31.1. The van der Waals surface area contributed by atoms with Crippen molar-refractivity contribution in [2.75, 3.05) is 45.6 Å². The van der Waals surface area contributed by atoms with E-state index < -0.39 is 20.7 Å². The summed E-state index contributed by atoms with van der Waals surface area (Å²) in [7, 11) is -1.25. The van der Waals surface area contributed by atoms with Gasteiger partial charge in [0, 0.05) is 12.0 Å². The predicted octanol–water partition coefficient (Wildman–Crippen LogP) is 0.133. The van der Waals surface area contributed by atoms with E-state index in [1.165, 1.54) is 0 Å². The van der Waals surface area contributed by atoms with E-state index in [-0.39, 0.29) is 23.7 Å². The fourth-order valence-corrected chi connectivity index (χ4v) is 5.29. The minimum Gasteiger partial charge on any atom is -0.369 e. The van der Waals surface area contributed by atoms with Gasteiger partial charge in [0.05, 0.1) is 30.7 Å². The van der Waals surface area contributed by atoms with Crippen molar-refractivity contribution >= 4 is 15.7 Å². The quantitative estimate of drug-likeness (QED) is 0.733. The van der Waals surface area contributed by atoms with Gasteiger partial charge < -0.3 is 14.5 Å². The minimum atomic E-state index is -3.17. The van der Waals surface area contributed by atoms with Crippen molar-refractivity contribution in [2.24, 2.45) is 5.41 Å². The molecule has 1 aliphatic carbocycles. The van der Waals surface area contributed by atoms with E-state index in [0.29, 0.717) is 19.6 Å². The molecule has 0 aromatic rings. The Bertz CT molecular complexity index is 564. The topological polar surface area (TPSA) is 66.9 Å². The smallest absolute Gasteiger partial charge is 0.228 e. The van der Waals surface area contributed by atoms with Crippen molar-refractivity contribution in [3.05, 3.63) is 0 Å². The second-order valence-corrected chi connectivity index (χ2v) is 9.78.